The molecule has 0 fully saturated rings. The zero-order valence-corrected chi connectivity index (χ0v) is 17.8. The van der Waals surface area contributed by atoms with Gasteiger partial charge in [-0.3, -0.25) is 19.4 Å². The van der Waals surface area contributed by atoms with Gasteiger partial charge in [-0.1, -0.05) is 0 Å². The highest BCUT2D eigenvalue weighted by Crippen LogP contribution is 2.30. The zero-order chi connectivity index (χ0) is 24.7. The summed E-state index contributed by atoms with van der Waals surface area (Å²) in [5.74, 6) is -0.812. The molecule has 34 heavy (non-hydrogen) atoms. The molecule has 3 amide bonds. The van der Waals surface area contributed by atoms with Gasteiger partial charge in [0, 0.05) is 30.7 Å². The Morgan fingerprint density at radius 3 is 1.94 bits per heavy atom. The van der Waals surface area contributed by atoms with E-state index in [-0.39, 0.29) is 17.3 Å². The molecule has 3 rings (SSSR count). The lowest BCUT2D eigenvalue weighted by Crippen LogP contribution is -2.21. The molecule has 0 atom stereocenters. The molecular weight excluding hydrogens is 453 g/mol. The molecule has 0 aliphatic carbocycles. The Hall–Kier alpha value is -4.41. The van der Waals surface area contributed by atoms with Crippen molar-refractivity contribution in [1.29, 1.82) is 0 Å². The molecule has 8 nitrogen and oxygen atoms in total. The molecule has 0 radical (unpaired) electrons. The summed E-state index contributed by atoms with van der Waals surface area (Å²) in [5, 5.41) is 7.38. The third-order valence-electron chi connectivity index (χ3n) is 4.38. The number of carbonyl (C=O) groups is 3. The lowest BCUT2D eigenvalue weighted by molar-refractivity contribution is -0.137. The standard InChI is InChI=1S/C23H19F3N4O4/c1-27-22(33)19-12-18(10-11-28-19)34-17-8-6-16(7-9-17)30-21(32)13-20(31)29-15-4-2-14(3-5-15)23(24,25)26/h2-12H,13H2,1H3,(H,27,33)(H,29,31)(H,30,32). The Balaban J connectivity index is 1.51. The lowest BCUT2D eigenvalue weighted by atomic mass is 10.2. The van der Waals surface area contributed by atoms with Crippen LogP contribution in [0.25, 0.3) is 0 Å². The summed E-state index contributed by atoms with van der Waals surface area (Å²) in [6.45, 7) is 0. The number of amides is 3. The largest absolute Gasteiger partial charge is 0.457 e. The van der Waals surface area contributed by atoms with Crippen LogP contribution in [0, 0.1) is 0 Å². The summed E-state index contributed by atoms with van der Waals surface area (Å²) < 4.78 is 43.4. The Morgan fingerprint density at radius 2 is 1.41 bits per heavy atom. The van der Waals surface area contributed by atoms with Crippen LogP contribution in [0.1, 0.15) is 22.5 Å². The van der Waals surface area contributed by atoms with Crippen LogP contribution in [0.5, 0.6) is 11.5 Å². The average molecular weight is 472 g/mol. The Kier molecular flexibility index (Phi) is 7.46. The summed E-state index contributed by atoms with van der Waals surface area (Å²) in [4.78, 5) is 39.7. The van der Waals surface area contributed by atoms with Gasteiger partial charge < -0.3 is 20.7 Å². The van der Waals surface area contributed by atoms with Gasteiger partial charge in [-0.05, 0) is 54.6 Å². The fraction of sp³-hybridized carbons (Fsp3) is 0.130. The van der Waals surface area contributed by atoms with Gasteiger partial charge in [-0.2, -0.15) is 13.2 Å². The minimum atomic E-state index is -4.48. The molecule has 0 saturated carbocycles. The van der Waals surface area contributed by atoms with E-state index in [2.05, 4.69) is 20.9 Å². The van der Waals surface area contributed by atoms with Crippen molar-refractivity contribution in [1.82, 2.24) is 10.3 Å². The predicted molar refractivity (Wildman–Crippen MR) is 117 cm³/mol. The third kappa shape index (κ3) is 6.79. The molecule has 0 spiro atoms. The Morgan fingerprint density at radius 1 is 0.853 bits per heavy atom. The maximum atomic E-state index is 12.6. The van der Waals surface area contributed by atoms with Gasteiger partial charge in [0.25, 0.3) is 5.91 Å². The minimum Gasteiger partial charge on any atom is -0.457 e. The van der Waals surface area contributed by atoms with Crippen molar-refractivity contribution in [2.24, 2.45) is 0 Å². The molecule has 2 aromatic carbocycles. The number of alkyl halides is 3. The highest BCUT2D eigenvalue weighted by Gasteiger charge is 2.30. The van der Waals surface area contributed by atoms with Crippen LogP contribution in [-0.4, -0.2) is 29.8 Å². The number of nitrogens with zero attached hydrogens (tertiary/aromatic N) is 1. The summed E-state index contributed by atoms with van der Waals surface area (Å²) in [6, 6.07) is 13.2. The van der Waals surface area contributed by atoms with Gasteiger partial charge in [0.2, 0.25) is 11.8 Å². The van der Waals surface area contributed by atoms with Crippen LogP contribution < -0.4 is 20.7 Å². The molecule has 0 aliphatic heterocycles. The van der Waals surface area contributed by atoms with Crippen molar-refractivity contribution >= 4 is 29.1 Å². The van der Waals surface area contributed by atoms with Crippen molar-refractivity contribution in [3.05, 3.63) is 78.1 Å². The van der Waals surface area contributed by atoms with E-state index in [4.69, 9.17) is 4.74 Å². The molecular formula is C23H19F3N4O4. The van der Waals surface area contributed by atoms with Crippen molar-refractivity contribution < 1.29 is 32.3 Å². The van der Waals surface area contributed by atoms with Gasteiger partial charge in [0.05, 0.1) is 5.56 Å². The van der Waals surface area contributed by atoms with Gasteiger partial charge >= 0.3 is 6.18 Å². The van der Waals surface area contributed by atoms with Crippen molar-refractivity contribution in [3.8, 4) is 11.5 Å². The highest BCUT2D eigenvalue weighted by atomic mass is 19.4. The van der Waals surface area contributed by atoms with Crippen LogP contribution in [0.4, 0.5) is 24.5 Å². The number of ether oxygens (including phenoxy) is 1. The first-order chi connectivity index (χ1) is 16.1. The third-order valence-corrected chi connectivity index (χ3v) is 4.38. The van der Waals surface area contributed by atoms with E-state index in [0.29, 0.717) is 17.2 Å². The Bertz CT molecular complexity index is 1180. The first-order valence-electron chi connectivity index (χ1n) is 9.87. The molecule has 11 heteroatoms. The number of pyridine rings is 1. The number of benzene rings is 2. The normalized spacial score (nSPS) is 10.8. The lowest BCUT2D eigenvalue weighted by Gasteiger charge is -2.10. The van der Waals surface area contributed by atoms with E-state index in [9.17, 15) is 27.6 Å². The van der Waals surface area contributed by atoms with Crippen LogP contribution in [0.3, 0.4) is 0 Å². The summed E-state index contributed by atoms with van der Waals surface area (Å²) >= 11 is 0. The number of nitrogens with one attached hydrogen (secondary N) is 3. The predicted octanol–water partition coefficient (Wildman–Crippen LogP) is 4.22. The van der Waals surface area contributed by atoms with Gasteiger partial charge in [0.15, 0.2) is 0 Å². The second-order valence-corrected chi connectivity index (χ2v) is 6.93. The number of anilines is 2. The fourth-order valence-corrected chi connectivity index (χ4v) is 2.77. The van der Waals surface area contributed by atoms with Crippen LogP contribution in [0.2, 0.25) is 0 Å². The molecule has 0 unspecified atom stereocenters. The van der Waals surface area contributed by atoms with Gasteiger partial charge in [-0.25, -0.2) is 0 Å². The number of hydrogen-bond acceptors (Lipinski definition) is 5. The first kappa shape index (κ1) is 24.2. The number of carbonyl (C=O) groups excluding carboxylic acids is 3. The quantitative estimate of drug-likeness (QED) is 0.446. The molecule has 3 aromatic rings. The average Bonchev–Trinajstić information content (AvgIpc) is 2.79. The van der Waals surface area contributed by atoms with E-state index in [1.54, 1.807) is 30.3 Å². The molecule has 3 N–H and O–H groups in total. The molecule has 0 saturated heterocycles. The number of rotatable bonds is 7. The SMILES string of the molecule is CNC(=O)c1cc(Oc2ccc(NC(=O)CC(=O)Nc3ccc(C(F)(F)F)cc3)cc2)ccn1. The number of halogens is 3. The zero-order valence-electron chi connectivity index (χ0n) is 17.8. The maximum absolute atomic E-state index is 12.6. The molecule has 176 valence electrons. The van der Waals surface area contributed by atoms with E-state index in [0.717, 1.165) is 24.3 Å². The number of hydrogen-bond donors (Lipinski definition) is 3. The monoisotopic (exact) mass is 472 g/mol. The fourth-order valence-electron chi connectivity index (χ4n) is 2.77. The van der Waals surface area contributed by atoms with E-state index in [1.165, 1.54) is 19.3 Å². The number of aromatic nitrogens is 1. The van der Waals surface area contributed by atoms with E-state index in [1.807, 2.05) is 0 Å². The van der Waals surface area contributed by atoms with Gasteiger partial charge in [-0.15, -0.1) is 0 Å². The second kappa shape index (κ2) is 10.5. The van der Waals surface area contributed by atoms with Crippen LogP contribution >= 0.6 is 0 Å². The summed E-state index contributed by atoms with van der Waals surface area (Å²) in [6.07, 6.45) is -3.57. The highest BCUT2D eigenvalue weighted by molar-refractivity contribution is 6.08. The molecule has 0 bridgehead atoms. The van der Waals surface area contributed by atoms with Crippen LogP contribution in [-0.2, 0) is 15.8 Å². The van der Waals surface area contributed by atoms with Crippen molar-refractivity contribution in [2.75, 3.05) is 17.7 Å². The first-order valence-corrected chi connectivity index (χ1v) is 9.87. The van der Waals surface area contributed by atoms with Crippen molar-refractivity contribution in [3.63, 3.8) is 0 Å². The smallest absolute Gasteiger partial charge is 0.416 e. The Labute approximate surface area is 192 Å². The summed E-state index contributed by atoms with van der Waals surface area (Å²) in [7, 11) is 1.49. The molecule has 1 heterocycles. The van der Waals surface area contributed by atoms with Crippen LogP contribution in [0.15, 0.2) is 66.9 Å². The maximum Gasteiger partial charge on any atom is 0.416 e. The van der Waals surface area contributed by atoms with E-state index >= 15 is 0 Å². The van der Waals surface area contributed by atoms with Gasteiger partial charge in [0.1, 0.15) is 23.6 Å². The topological polar surface area (TPSA) is 109 Å². The summed E-state index contributed by atoms with van der Waals surface area (Å²) in [5.41, 5.74) is -0.103. The van der Waals surface area contributed by atoms with Crippen molar-refractivity contribution in [2.45, 2.75) is 12.6 Å². The van der Waals surface area contributed by atoms with E-state index < -0.39 is 30.0 Å². The second-order valence-electron chi connectivity index (χ2n) is 6.93. The molecule has 0 aliphatic rings. The minimum absolute atomic E-state index is 0.142. The molecule has 1 aromatic heterocycles.